The van der Waals surface area contributed by atoms with E-state index in [1.54, 1.807) is 25.2 Å². The average molecular weight is 424 g/mol. The number of amides is 1. The minimum Gasteiger partial charge on any atom is -0.493 e. The number of hydrogen-bond donors (Lipinski definition) is 1. The Morgan fingerprint density at radius 3 is 2.42 bits per heavy atom. The summed E-state index contributed by atoms with van der Waals surface area (Å²) < 4.78 is 10.8. The van der Waals surface area contributed by atoms with E-state index < -0.39 is 0 Å². The van der Waals surface area contributed by atoms with Crippen molar-refractivity contribution in [1.29, 1.82) is 0 Å². The molecule has 0 spiro atoms. The van der Waals surface area contributed by atoms with Crippen molar-refractivity contribution in [3.05, 3.63) is 65.7 Å². The molecular formula is C24H29N3O4. The van der Waals surface area contributed by atoms with Gasteiger partial charge in [-0.05, 0) is 47.8 Å². The Kier molecular flexibility index (Phi) is 6.15. The van der Waals surface area contributed by atoms with Crippen LogP contribution in [0.5, 0.6) is 11.5 Å². The predicted octanol–water partition coefficient (Wildman–Crippen LogP) is 3.26. The number of methoxy groups -OCH3 is 2. The van der Waals surface area contributed by atoms with Crippen molar-refractivity contribution in [3.63, 3.8) is 0 Å². The minimum absolute atomic E-state index is 0.0785. The quantitative estimate of drug-likeness (QED) is 0.802. The lowest BCUT2D eigenvalue weighted by atomic mass is 9.89. The fraction of sp³-hybridized carbons (Fsp3) is 0.375. The molecule has 0 aliphatic carbocycles. The molecule has 164 valence electrons. The van der Waals surface area contributed by atoms with Crippen molar-refractivity contribution in [2.45, 2.75) is 13.3 Å². The lowest BCUT2D eigenvalue weighted by Crippen LogP contribution is -2.44. The molecule has 3 heterocycles. The molecule has 1 N–H and O–H groups in total. The third-order valence-electron chi connectivity index (χ3n) is 6.03. The van der Waals surface area contributed by atoms with Crippen LogP contribution in [-0.4, -0.2) is 66.4 Å². The molecule has 7 nitrogen and oxygen atoms in total. The zero-order valence-electron chi connectivity index (χ0n) is 18.2. The van der Waals surface area contributed by atoms with Crippen LogP contribution in [0.25, 0.3) is 5.57 Å². The number of fused-ring (bicyclic) bond motifs is 1. The van der Waals surface area contributed by atoms with Gasteiger partial charge in [0.15, 0.2) is 11.5 Å². The first kappa shape index (κ1) is 21.2. The molecule has 4 rings (SSSR count). The number of carbonyl (C=O) groups is 1. The number of nitrogens with zero attached hydrogens (tertiary/aromatic N) is 3. The first-order valence-electron chi connectivity index (χ1n) is 10.6. The summed E-state index contributed by atoms with van der Waals surface area (Å²) in [6, 6.07) is 5.76. The lowest BCUT2D eigenvalue weighted by Gasteiger charge is -2.36. The average Bonchev–Trinajstić information content (AvgIpc) is 2.80. The summed E-state index contributed by atoms with van der Waals surface area (Å²) in [5.41, 5.74) is 3.79. The number of rotatable bonds is 4. The fourth-order valence-electron chi connectivity index (χ4n) is 4.15. The van der Waals surface area contributed by atoms with Crippen LogP contribution in [0.4, 0.5) is 0 Å². The Balaban J connectivity index is 1.64. The monoisotopic (exact) mass is 423 g/mol. The van der Waals surface area contributed by atoms with Crippen LogP contribution in [0, 0.1) is 5.92 Å². The van der Waals surface area contributed by atoms with E-state index in [2.05, 4.69) is 17.9 Å². The van der Waals surface area contributed by atoms with Gasteiger partial charge >= 0.3 is 0 Å². The van der Waals surface area contributed by atoms with Crippen LogP contribution in [0.1, 0.15) is 18.9 Å². The van der Waals surface area contributed by atoms with Gasteiger partial charge in [0.25, 0.3) is 5.91 Å². The van der Waals surface area contributed by atoms with E-state index in [1.165, 1.54) is 5.06 Å². The zero-order valence-corrected chi connectivity index (χ0v) is 18.2. The molecule has 0 bridgehead atoms. The number of ether oxygens (including phenoxy) is 2. The summed E-state index contributed by atoms with van der Waals surface area (Å²) in [6.07, 6.45) is 10.6. The van der Waals surface area contributed by atoms with E-state index >= 15 is 0 Å². The van der Waals surface area contributed by atoms with Crippen LogP contribution >= 0.6 is 0 Å². The molecule has 0 saturated carbocycles. The molecule has 1 atom stereocenters. The third kappa shape index (κ3) is 4.38. The molecule has 7 heteroatoms. The number of benzene rings is 1. The number of hydrogen-bond acceptors (Lipinski definition) is 6. The van der Waals surface area contributed by atoms with Gasteiger partial charge in [0.05, 0.1) is 19.9 Å². The number of carbonyl (C=O) groups excluding carboxylic acids is 1. The Labute approximate surface area is 183 Å². The van der Waals surface area contributed by atoms with Gasteiger partial charge in [-0.15, -0.1) is 0 Å². The van der Waals surface area contributed by atoms with E-state index in [9.17, 15) is 10.0 Å². The topological polar surface area (TPSA) is 65.5 Å². The van der Waals surface area contributed by atoms with Gasteiger partial charge < -0.3 is 19.6 Å². The van der Waals surface area contributed by atoms with Crippen molar-refractivity contribution in [2.75, 3.05) is 40.4 Å². The number of allylic oxidation sites excluding steroid dienone is 4. The van der Waals surface area contributed by atoms with Gasteiger partial charge in [0, 0.05) is 44.2 Å². The predicted molar refractivity (Wildman–Crippen MR) is 118 cm³/mol. The van der Waals surface area contributed by atoms with Gasteiger partial charge in [0.2, 0.25) is 0 Å². The summed E-state index contributed by atoms with van der Waals surface area (Å²) in [5, 5.41) is 11.0. The maximum atomic E-state index is 13.3. The van der Waals surface area contributed by atoms with E-state index in [1.807, 2.05) is 36.6 Å². The van der Waals surface area contributed by atoms with Gasteiger partial charge in [0.1, 0.15) is 0 Å². The molecule has 0 radical (unpaired) electrons. The summed E-state index contributed by atoms with van der Waals surface area (Å²) >= 11 is 0. The van der Waals surface area contributed by atoms with Crippen molar-refractivity contribution in [1.82, 2.24) is 14.9 Å². The highest BCUT2D eigenvalue weighted by Crippen LogP contribution is 2.36. The first-order chi connectivity index (χ1) is 15.0. The molecule has 1 aromatic rings. The molecule has 1 unspecified atom stereocenters. The van der Waals surface area contributed by atoms with Gasteiger partial charge in [-0.3, -0.25) is 9.69 Å². The lowest BCUT2D eigenvalue weighted by molar-refractivity contribution is -0.122. The highest BCUT2D eigenvalue weighted by Gasteiger charge is 2.25. The maximum Gasteiger partial charge on any atom is 0.255 e. The molecule has 3 aliphatic heterocycles. The SMILES string of the molecule is COc1ccc(C2=CC(=O)N3C=C(N4CCN(O)CC4)C=CC3=CCC2C)cc1OC. The highest BCUT2D eigenvalue weighted by molar-refractivity contribution is 5.98. The smallest absolute Gasteiger partial charge is 0.255 e. The molecule has 1 saturated heterocycles. The Hall–Kier alpha value is -3.03. The van der Waals surface area contributed by atoms with Gasteiger partial charge in [-0.2, -0.15) is 5.06 Å². The van der Waals surface area contributed by atoms with Crippen LogP contribution in [0.15, 0.2) is 60.1 Å². The van der Waals surface area contributed by atoms with Crippen LogP contribution in [0.3, 0.4) is 0 Å². The summed E-state index contributed by atoms with van der Waals surface area (Å²) in [4.78, 5) is 17.2. The molecule has 3 aliphatic rings. The molecule has 0 aromatic heterocycles. The molecule has 1 fully saturated rings. The molecular weight excluding hydrogens is 394 g/mol. The van der Waals surface area contributed by atoms with E-state index in [-0.39, 0.29) is 11.8 Å². The summed E-state index contributed by atoms with van der Waals surface area (Å²) in [6.45, 7) is 4.74. The first-order valence-corrected chi connectivity index (χ1v) is 10.6. The van der Waals surface area contributed by atoms with Crippen molar-refractivity contribution >= 4 is 11.5 Å². The Bertz CT molecular complexity index is 971. The fourth-order valence-corrected chi connectivity index (χ4v) is 4.15. The summed E-state index contributed by atoms with van der Waals surface area (Å²) in [5.74, 6) is 1.40. The second kappa shape index (κ2) is 8.99. The second-order valence-corrected chi connectivity index (χ2v) is 7.97. The number of hydroxylamine groups is 2. The van der Waals surface area contributed by atoms with E-state index in [0.717, 1.165) is 42.0 Å². The maximum absolute atomic E-state index is 13.3. The molecule has 1 aromatic carbocycles. The van der Waals surface area contributed by atoms with Gasteiger partial charge in [-0.25, -0.2) is 0 Å². The standard InChI is InChI=1S/C24H29N3O4/c1-17-4-6-19-7-8-20(25-10-12-26(29)13-11-25)16-27(19)24(28)15-21(17)18-5-9-22(30-2)23(14-18)31-3/h5-9,14-17,29H,4,10-13H2,1-3H3. The Morgan fingerprint density at radius 1 is 1.00 bits per heavy atom. The van der Waals surface area contributed by atoms with Crippen LogP contribution < -0.4 is 9.47 Å². The zero-order chi connectivity index (χ0) is 22.0. The van der Waals surface area contributed by atoms with E-state index in [0.29, 0.717) is 24.6 Å². The van der Waals surface area contributed by atoms with Crippen molar-refractivity contribution in [2.24, 2.45) is 5.92 Å². The normalized spacial score (nSPS) is 22.1. The highest BCUT2D eigenvalue weighted by atomic mass is 16.5. The van der Waals surface area contributed by atoms with Crippen molar-refractivity contribution in [3.8, 4) is 11.5 Å². The largest absolute Gasteiger partial charge is 0.493 e. The number of piperazine rings is 1. The van der Waals surface area contributed by atoms with Crippen molar-refractivity contribution < 1.29 is 19.5 Å². The van der Waals surface area contributed by atoms with Gasteiger partial charge in [-0.1, -0.05) is 19.1 Å². The molecule has 1 amide bonds. The van der Waals surface area contributed by atoms with Crippen LogP contribution in [0.2, 0.25) is 0 Å². The molecule has 31 heavy (non-hydrogen) atoms. The third-order valence-corrected chi connectivity index (χ3v) is 6.03. The van der Waals surface area contributed by atoms with E-state index in [4.69, 9.17) is 9.47 Å². The summed E-state index contributed by atoms with van der Waals surface area (Å²) in [7, 11) is 3.22. The second-order valence-electron chi connectivity index (χ2n) is 7.97. The Morgan fingerprint density at radius 2 is 1.71 bits per heavy atom. The van der Waals surface area contributed by atoms with Crippen LogP contribution in [-0.2, 0) is 4.79 Å². The minimum atomic E-state index is -0.0785.